The zero-order valence-electron chi connectivity index (χ0n) is 23.6. The van der Waals surface area contributed by atoms with E-state index >= 15 is 0 Å². The van der Waals surface area contributed by atoms with Gasteiger partial charge in [-0.1, -0.05) is 66.8 Å². The summed E-state index contributed by atoms with van der Waals surface area (Å²) in [5.74, 6) is -0.310. The van der Waals surface area contributed by atoms with Gasteiger partial charge in [-0.05, 0) is 50.6 Å². The Hall–Kier alpha value is -3.75. The molecule has 0 radical (unpaired) electrons. The SMILES string of the molecule is CCN(CCNCCCNC(=O)C1=CC=C2C(C1)N(Cc1ccccc1F)C(=S)C1=CCC=CN12)c1ccccc1. The molecule has 3 aliphatic rings. The van der Waals surface area contributed by atoms with E-state index in [0.717, 1.165) is 50.4 Å². The van der Waals surface area contributed by atoms with Crippen LogP contribution in [0.1, 0.15) is 31.7 Å². The Balaban J connectivity index is 1.15. The monoisotopic (exact) mass is 571 g/mol. The van der Waals surface area contributed by atoms with Crippen LogP contribution in [-0.2, 0) is 11.3 Å². The first-order valence-corrected chi connectivity index (χ1v) is 14.9. The molecule has 0 saturated carbocycles. The summed E-state index contributed by atoms with van der Waals surface area (Å²) in [6.07, 6.45) is 12.3. The topological polar surface area (TPSA) is 50.9 Å². The molecule has 1 fully saturated rings. The zero-order chi connectivity index (χ0) is 28.6. The average Bonchev–Trinajstić information content (AvgIpc) is 3.01. The summed E-state index contributed by atoms with van der Waals surface area (Å²) >= 11 is 5.91. The first-order chi connectivity index (χ1) is 20.1. The second-order valence-corrected chi connectivity index (χ2v) is 10.8. The lowest BCUT2D eigenvalue weighted by Crippen LogP contribution is -2.52. The molecule has 214 valence electrons. The van der Waals surface area contributed by atoms with Gasteiger partial charge in [0.2, 0.25) is 5.91 Å². The highest BCUT2D eigenvalue weighted by atomic mass is 32.1. The lowest BCUT2D eigenvalue weighted by atomic mass is 9.91. The second kappa shape index (κ2) is 13.7. The van der Waals surface area contributed by atoms with E-state index in [4.69, 9.17) is 12.2 Å². The fourth-order valence-electron chi connectivity index (χ4n) is 5.55. The number of piperazine rings is 1. The number of para-hydroxylation sites is 1. The third-order valence-corrected chi connectivity index (χ3v) is 8.22. The number of amides is 1. The predicted molar refractivity (Wildman–Crippen MR) is 168 cm³/mol. The number of carbonyl (C=O) groups excluding carboxylic acids is 1. The summed E-state index contributed by atoms with van der Waals surface area (Å²) in [6, 6.07) is 17.1. The summed E-state index contributed by atoms with van der Waals surface area (Å²) in [4.78, 5) is 20.4. The van der Waals surface area contributed by atoms with Crippen LogP contribution in [0.5, 0.6) is 0 Å². The van der Waals surface area contributed by atoms with Gasteiger partial charge in [-0.15, -0.1) is 0 Å². The third kappa shape index (κ3) is 6.77. The number of thiocarbonyl (C=S) groups is 1. The van der Waals surface area contributed by atoms with Crippen molar-refractivity contribution in [3.63, 3.8) is 0 Å². The fraction of sp³-hybridized carbons (Fsp3) is 0.333. The summed E-state index contributed by atoms with van der Waals surface area (Å²) in [5, 5.41) is 6.58. The van der Waals surface area contributed by atoms with Gasteiger partial charge in [-0.2, -0.15) is 0 Å². The molecule has 1 amide bonds. The molecule has 2 N–H and O–H groups in total. The number of likely N-dealkylation sites (N-methyl/N-ethyl adjacent to an activating group) is 1. The van der Waals surface area contributed by atoms with Crippen LogP contribution >= 0.6 is 12.2 Å². The summed E-state index contributed by atoms with van der Waals surface area (Å²) < 4.78 is 14.6. The second-order valence-electron chi connectivity index (χ2n) is 10.4. The van der Waals surface area contributed by atoms with Crippen molar-refractivity contribution in [3.8, 4) is 0 Å². The van der Waals surface area contributed by atoms with Crippen LogP contribution in [0.3, 0.4) is 0 Å². The molecule has 1 atom stereocenters. The Morgan fingerprint density at radius 2 is 1.88 bits per heavy atom. The molecule has 0 aromatic heterocycles. The summed E-state index contributed by atoms with van der Waals surface area (Å²) in [6.45, 7) is 6.73. The van der Waals surface area contributed by atoms with Gasteiger partial charge in [-0.3, -0.25) is 4.79 Å². The van der Waals surface area contributed by atoms with Crippen molar-refractivity contribution < 1.29 is 9.18 Å². The molecule has 2 aromatic rings. The Bertz CT molecular complexity index is 1370. The Morgan fingerprint density at radius 1 is 1.07 bits per heavy atom. The molecule has 1 aliphatic carbocycles. The van der Waals surface area contributed by atoms with Crippen LogP contribution in [0.25, 0.3) is 0 Å². The van der Waals surface area contributed by atoms with E-state index in [1.807, 2.05) is 30.5 Å². The highest BCUT2D eigenvalue weighted by molar-refractivity contribution is 7.80. The smallest absolute Gasteiger partial charge is 0.247 e. The largest absolute Gasteiger partial charge is 0.371 e. The van der Waals surface area contributed by atoms with Crippen molar-refractivity contribution in [2.75, 3.05) is 37.6 Å². The van der Waals surface area contributed by atoms with E-state index in [2.05, 4.69) is 68.7 Å². The van der Waals surface area contributed by atoms with Crippen molar-refractivity contribution in [1.29, 1.82) is 0 Å². The van der Waals surface area contributed by atoms with Gasteiger partial charge < -0.3 is 25.3 Å². The Labute approximate surface area is 247 Å². The van der Waals surface area contributed by atoms with Crippen molar-refractivity contribution in [2.45, 2.75) is 38.8 Å². The molecule has 8 heteroatoms. The molecule has 2 heterocycles. The number of rotatable bonds is 12. The quantitative estimate of drug-likeness (QED) is 0.267. The van der Waals surface area contributed by atoms with Crippen LogP contribution < -0.4 is 15.5 Å². The van der Waals surface area contributed by atoms with Gasteiger partial charge in [0.1, 0.15) is 10.8 Å². The number of allylic oxidation sites excluding steroid dienone is 4. The molecule has 41 heavy (non-hydrogen) atoms. The molecule has 2 aliphatic heterocycles. The molecule has 6 nitrogen and oxygen atoms in total. The van der Waals surface area contributed by atoms with E-state index < -0.39 is 0 Å². The molecular weight excluding hydrogens is 533 g/mol. The molecule has 5 rings (SSSR count). The maximum atomic E-state index is 14.6. The van der Waals surface area contributed by atoms with E-state index in [1.165, 1.54) is 11.8 Å². The Kier molecular flexibility index (Phi) is 9.64. The predicted octanol–water partition coefficient (Wildman–Crippen LogP) is 5.28. The standard InChI is InChI=1S/C33H38FN5OS/c1-2-37(27-12-4-3-5-13-27)22-20-35-18-10-19-36-32(40)25-16-17-29-31(23-25)39(24-26-11-6-7-14-28(26)34)33(41)30-15-8-9-21-38(29)30/h3-7,9,11-17,21,31,35H,2,8,10,18-20,22-24H2,1H3,(H,36,40). The molecule has 2 aromatic carbocycles. The third-order valence-electron chi connectivity index (χ3n) is 7.77. The Morgan fingerprint density at radius 3 is 2.68 bits per heavy atom. The number of anilines is 1. The molecule has 1 unspecified atom stereocenters. The number of fused-ring (bicyclic) bond motifs is 3. The average molecular weight is 572 g/mol. The molecule has 0 spiro atoms. The first kappa shape index (κ1) is 28.8. The van der Waals surface area contributed by atoms with Crippen molar-refractivity contribution in [3.05, 3.63) is 113 Å². The number of hydrogen-bond acceptors (Lipinski definition) is 5. The summed E-state index contributed by atoms with van der Waals surface area (Å²) in [5.41, 5.74) is 4.53. The zero-order valence-corrected chi connectivity index (χ0v) is 24.4. The number of nitrogens with one attached hydrogen (secondary N) is 2. The van der Waals surface area contributed by atoms with E-state index in [1.54, 1.807) is 12.1 Å². The minimum Gasteiger partial charge on any atom is -0.371 e. The van der Waals surface area contributed by atoms with Crippen LogP contribution in [0.15, 0.2) is 102 Å². The van der Waals surface area contributed by atoms with Crippen LogP contribution in [0.2, 0.25) is 0 Å². The van der Waals surface area contributed by atoms with E-state index in [0.29, 0.717) is 35.6 Å². The van der Waals surface area contributed by atoms with Gasteiger partial charge in [0.15, 0.2) is 0 Å². The number of halogens is 1. The molecular formula is C33H38FN5OS. The van der Waals surface area contributed by atoms with E-state index in [9.17, 15) is 9.18 Å². The first-order valence-electron chi connectivity index (χ1n) is 14.5. The van der Waals surface area contributed by atoms with Gasteiger partial charge in [-0.25, -0.2) is 4.39 Å². The van der Waals surface area contributed by atoms with Gasteiger partial charge in [0.25, 0.3) is 0 Å². The van der Waals surface area contributed by atoms with E-state index in [-0.39, 0.29) is 17.8 Å². The normalized spacial score (nSPS) is 17.8. The van der Waals surface area contributed by atoms with Crippen LogP contribution in [0, 0.1) is 5.82 Å². The maximum absolute atomic E-state index is 14.6. The molecule has 0 bridgehead atoms. The number of carbonyl (C=O) groups is 1. The lowest BCUT2D eigenvalue weighted by molar-refractivity contribution is -0.117. The van der Waals surface area contributed by atoms with Crippen molar-refractivity contribution >= 4 is 28.8 Å². The van der Waals surface area contributed by atoms with Crippen molar-refractivity contribution in [1.82, 2.24) is 20.4 Å². The maximum Gasteiger partial charge on any atom is 0.247 e. The number of hydrogen-bond donors (Lipinski definition) is 2. The minimum absolute atomic E-state index is 0.0613. The van der Waals surface area contributed by atoms with Gasteiger partial charge in [0, 0.05) is 67.9 Å². The number of nitrogens with zero attached hydrogens (tertiary/aromatic N) is 3. The fourth-order valence-corrected chi connectivity index (χ4v) is 5.93. The van der Waals surface area contributed by atoms with Gasteiger partial charge in [0.05, 0.1) is 11.7 Å². The lowest BCUT2D eigenvalue weighted by Gasteiger charge is -2.48. The molecule has 1 saturated heterocycles. The van der Waals surface area contributed by atoms with Crippen LogP contribution in [0.4, 0.5) is 10.1 Å². The van der Waals surface area contributed by atoms with Crippen molar-refractivity contribution in [2.24, 2.45) is 0 Å². The van der Waals surface area contributed by atoms with Gasteiger partial charge >= 0.3 is 0 Å². The highest BCUT2D eigenvalue weighted by Gasteiger charge is 2.39. The van der Waals surface area contributed by atoms with Crippen LogP contribution in [-0.4, -0.2) is 59.5 Å². The summed E-state index contributed by atoms with van der Waals surface area (Å²) in [7, 11) is 0. The number of benzene rings is 2. The highest BCUT2D eigenvalue weighted by Crippen LogP contribution is 2.38. The minimum atomic E-state index is -0.249.